The Morgan fingerprint density at radius 1 is 1.64 bits per heavy atom. The fourth-order valence-electron chi connectivity index (χ4n) is 1.08. The highest BCUT2D eigenvalue weighted by Crippen LogP contribution is 2.39. The molecule has 2 rings (SSSR count). The molecule has 11 heavy (non-hydrogen) atoms. The first-order chi connectivity index (χ1) is 4.77. The first kappa shape index (κ1) is 8.40. The molecule has 0 aromatic carbocycles. The number of aromatic nitrogens is 2. The van der Waals surface area contributed by atoms with Crippen LogP contribution in [0.1, 0.15) is 24.5 Å². The Kier molecular flexibility index (Phi) is 2.09. The lowest BCUT2D eigenvalue weighted by Crippen LogP contribution is -1.96. The average Bonchev–Trinajstić information content (AvgIpc) is 2.64. The molecule has 0 bridgehead atoms. The van der Waals surface area contributed by atoms with Gasteiger partial charge in [0.25, 0.3) is 0 Å². The Labute approximate surface area is 72.0 Å². The Morgan fingerprint density at radius 2 is 2.27 bits per heavy atom. The minimum atomic E-state index is 0. The van der Waals surface area contributed by atoms with Gasteiger partial charge in [0.05, 0.1) is 5.69 Å². The van der Waals surface area contributed by atoms with Gasteiger partial charge in [0.15, 0.2) is 0 Å². The van der Waals surface area contributed by atoms with E-state index in [9.17, 15) is 0 Å². The van der Waals surface area contributed by atoms with Crippen molar-refractivity contribution in [2.45, 2.75) is 18.8 Å². The van der Waals surface area contributed by atoms with Crippen LogP contribution >= 0.6 is 12.4 Å². The number of nitrogen functional groups attached to an aromatic ring is 1. The molecule has 1 heterocycles. The molecule has 4 heteroatoms. The Hall–Kier alpha value is -0.700. The zero-order chi connectivity index (χ0) is 7.14. The number of nitrogens with zero attached hydrogens (tertiary/aromatic N) is 2. The summed E-state index contributed by atoms with van der Waals surface area (Å²) in [4.78, 5) is 0. The molecule has 0 radical (unpaired) electrons. The van der Waals surface area contributed by atoms with Crippen molar-refractivity contribution in [2.24, 2.45) is 7.05 Å². The van der Waals surface area contributed by atoms with E-state index in [4.69, 9.17) is 5.73 Å². The highest BCUT2D eigenvalue weighted by atomic mass is 35.5. The molecule has 1 aromatic heterocycles. The number of hydrogen-bond donors (Lipinski definition) is 1. The minimum Gasteiger partial charge on any atom is -0.384 e. The predicted octanol–water partition coefficient (Wildman–Crippen LogP) is 1.30. The zero-order valence-corrected chi connectivity index (χ0v) is 7.27. The maximum atomic E-state index is 5.61. The molecular formula is C7H12ClN3. The van der Waals surface area contributed by atoms with Gasteiger partial charge in [-0.3, -0.25) is 4.68 Å². The van der Waals surface area contributed by atoms with Gasteiger partial charge in [0.2, 0.25) is 0 Å². The summed E-state index contributed by atoms with van der Waals surface area (Å²) in [6.07, 6.45) is 2.58. The van der Waals surface area contributed by atoms with Crippen molar-refractivity contribution < 1.29 is 0 Å². The molecular weight excluding hydrogens is 162 g/mol. The van der Waals surface area contributed by atoms with Gasteiger partial charge in [0, 0.05) is 19.0 Å². The third-order valence-corrected chi connectivity index (χ3v) is 1.93. The quantitative estimate of drug-likeness (QED) is 0.696. The topological polar surface area (TPSA) is 43.8 Å². The zero-order valence-electron chi connectivity index (χ0n) is 6.45. The van der Waals surface area contributed by atoms with Crippen LogP contribution in [0.15, 0.2) is 6.07 Å². The van der Waals surface area contributed by atoms with Crippen LogP contribution in [0, 0.1) is 0 Å². The van der Waals surface area contributed by atoms with Crippen LogP contribution in [0.4, 0.5) is 5.82 Å². The fourth-order valence-corrected chi connectivity index (χ4v) is 1.08. The SMILES string of the molecule is Cl.Cn1nc(C2CC2)cc1N. The Bertz CT molecular complexity index is 233. The third kappa shape index (κ3) is 1.48. The number of aryl methyl sites for hydroxylation is 1. The smallest absolute Gasteiger partial charge is 0.121 e. The summed E-state index contributed by atoms with van der Waals surface area (Å²) in [7, 11) is 1.88. The van der Waals surface area contributed by atoms with Crippen molar-refractivity contribution in [3.63, 3.8) is 0 Å². The second-order valence-electron chi connectivity index (χ2n) is 2.89. The van der Waals surface area contributed by atoms with Crippen LogP contribution in [0.5, 0.6) is 0 Å². The second-order valence-corrected chi connectivity index (χ2v) is 2.89. The Balaban J connectivity index is 0.000000605. The molecule has 0 unspecified atom stereocenters. The molecule has 1 aromatic rings. The molecule has 0 aliphatic heterocycles. The van der Waals surface area contributed by atoms with Crippen molar-refractivity contribution in [1.29, 1.82) is 0 Å². The largest absolute Gasteiger partial charge is 0.384 e. The standard InChI is InChI=1S/C7H11N3.ClH/c1-10-7(8)4-6(9-10)5-2-3-5;/h4-5H,2-3,8H2,1H3;1H. The number of rotatable bonds is 1. The van der Waals surface area contributed by atoms with Crippen LogP contribution in [0.25, 0.3) is 0 Å². The summed E-state index contributed by atoms with van der Waals surface area (Å²) in [5.74, 6) is 1.48. The number of nitrogens with two attached hydrogens (primary N) is 1. The third-order valence-electron chi connectivity index (χ3n) is 1.93. The highest BCUT2D eigenvalue weighted by molar-refractivity contribution is 5.85. The minimum absolute atomic E-state index is 0. The van der Waals surface area contributed by atoms with Gasteiger partial charge in [-0.2, -0.15) is 5.10 Å². The van der Waals surface area contributed by atoms with Gasteiger partial charge in [-0.15, -0.1) is 12.4 Å². The number of halogens is 1. The monoisotopic (exact) mass is 173 g/mol. The van der Waals surface area contributed by atoms with Crippen molar-refractivity contribution >= 4 is 18.2 Å². The normalized spacial score (nSPS) is 16.1. The summed E-state index contributed by atoms with van der Waals surface area (Å²) < 4.78 is 1.73. The maximum Gasteiger partial charge on any atom is 0.121 e. The molecule has 1 aliphatic rings. The lowest BCUT2D eigenvalue weighted by atomic mass is 10.3. The molecule has 3 nitrogen and oxygen atoms in total. The van der Waals surface area contributed by atoms with Crippen molar-refractivity contribution in [3.8, 4) is 0 Å². The van der Waals surface area contributed by atoms with E-state index in [1.165, 1.54) is 18.5 Å². The van der Waals surface area contributed by atoms with E-state index in [0.29, 0.717) is 5.92 Å². The molecule has 62 valence electrons. The van der Waals surface area contributed by atoms with Crippen molar-refractivity contribution in [2.75, 3.05) is 5.73 Å². The summed E-state index contributed by atoms with van der Waals surface area (Å²) in [5.41, 5.74) is 6.77. The average molecular weight is 174 g/mol. The predicted molar refractivity (Wildman–Crippen MR) is 46.8 cm³/mol. The molecule has 1 saturated carbocycles. The highest BCUT2D eigenvalue weighted by Gasteiger charge is 2.26. The van der Waals surface area contributed by atoms with E-state index in [2.05, 4.69) is 5.10 Å². The van der Waals surface area contributed by atoms with E-state index in [1.54, 1.807) is 4.68 Å². The first-order valence-corrected chi connectivity index (χ1v) is 3.57. The molecule has 1 aliphatic carbocycles. The van der Waals surface area contributed by atoms with Gasteiger partial charge in [-0.25, -0.2) is 0 Å². The van der Waals surface area contributed by atoms with Crippen LogP contribution in [0.2, 0.25) is 0 Å². The van der Waals surface area contributed by atoms with E-state index in [-0.39, 0.29) is 12.4 Å². The molecule has 0 saturated heterocycles. The lowest BCUT2D eigenvalue weighted by Gasteiger charge is -1.88. The van der Waals surface area contributed by atoms with Gasteiger partial charge in [0.1, 0.15) is 5.82 Å². The van der Waals surface area contributed by atoms with Gasteiger partial charge >= 0.3 is 0 Å². The summed E-state index contributed by atoms with van der Waals surface area (Å²) in [6.45, 7) is 0. The van der Waals surface area contributed by atoms with Gasteiger partial charge in [-0.1, -0.05) is 0 Å². The Morgan fingerprint density at radius 3 is 2.64 bits per heavy atom. The van der Waals surface area contributed by atoms with Crippen LogP contribution < -0.4 is 5.73 Å². The van der Waals surface area contributed by atoms with E-state index in [0.717, 1.165) is 5.82 Å². The fraction of sp³-hybridized carbons (Fsp3) is 0.571. The maximum absolute atomic E-state index is 5.61. The van der Waals surface area contributed by atoms with Crippen molar-refractivity contribution in [1.82, 2.24) is 9.78 Å². The van der Waals surface area contributed by atoms with E-state index < -0.39 is 0 Å². The number of hydrogen-bond acceptors (Lipinski definition) is 2. The van der Waals surface area contributed by atoms with Gasteiger partial charge in [-0.05, 0) is 12.8 Å². The first-order valence-electron chi connectivity index (χ1n) is 3.57. The summed E-state index contributed by atoms with van der Waals surface area (Å²) in [5, 5.41) is 4.26. The summed E-state index contributed by atoms with van der Waals surface area (Å²) in [6, 6.07) is 1.97. The lowest BCUT2D eigenvalue weighted by molar-refractivity contribution is 0.753. The van der Waals surface area contributed by atoms with E-state index >= 15 is 0 Å². The molecule has 2 N–H and O–H groups in total. The second kappa shape index (κ2) is 2.74. The number of anilines is 1. The van der Waals surface area contributed by atoms with Gasteiger partial charge < -0.3 is 5.73 Å². The molecule has 0 atom stereocenters. The van der Waals surface area contributed by atoms with Crippen molar-refractivity contribution in [3.05, 3.63) is 11.8 Å². The summed E-state index contributed by atoms with van der Waals surface area (Å²) >= 11 is 0. The van der Waals surface area contributed by atoms with Crippen LogP contribution in [-0.4, -0.2) is 9.78 Å². The molecule has 0 amide bonds. The molecule has 0 spiro atoms. The molecule has 1 fully saturated rings. The van der Waals surface area contributed by atoms with Crippen LogP contribution in [-0.2, 0) is 7.05 Å². The van der Waals surface area contributed by atoms with Crippen LogP contribution in [0.3, 0.4) is 0 Å². The van der Waals surface area contributed by atoms with E-state index in [1.807, 2.05) is 13.1 Å².